The van der Waals surface area contributed by atoms with Gasteiger partial charge in [0.05, 0.1) is 10.6 Å². The number of rotatable bonds is 3. The Bertz CT molecular complexity index is 543. The number of nitrogens with zero attached hydrogens (tertiary/aromatic N) is 2. The van der Waals surface area contributed by atoms with Crippen molar-refractivity contribution in [1.82, 2.24) is 9.80 Å². The molecule has 2 amide bonds. The third-order valence-electron chi connectivity index (χ3n) is 3.44. The topological polar surface area (TPSA) is 66.6 Å². The van der Waals surface area contributed by atoms with E-state index in [1.54, 1.807) is 28.0 Å². The molecule has 7 heteroatoms. The second-order valence-electron chi connectivity index (χ2n) is 4.84. The largest absolute Gasteiger partial charge is 0.339 e. The number of benzene rings is 1. The molecule has 0 unspecified atom stereocenters. The van der Waals surface area contributed by atoms with Crippen LogP contribution >= 0.6 is 23.2 Å². The van der Waals surface area contributed by atoms with Crippen LogP contribution in [0.4, 0.5) is 0 Å². The van der Waals surface area contributed by atoms with Gasteiger partial charge in [-0.1, -0.05) is 23.2 Å². The minimum absolute atomic E-state index is 0.0362. The van der Waals surface area contributed by atoms with Gasteiger partial charge in [0.1, 0.15) is 0 Å². The van der Waals surface area contributed by atoms with Crippen LogP contribution in [0.25, 0.3) is 0 Å². The van der Waals surface area contributed by atoms with Crippen LogP contribution in [-0.4, -0.2) is 54.3 Å². The van der Waals surface area contributed by atoms with Crippen LogP contribution in [0, 0.1) is 0 Å². The molecule has 0 aromatic heterocycles. The lowest BCUT2D eigenvalue weighted by Crippen LogP contribution is -2.50. The molecule has 1 heterocycles. The number of halogens is 2. The van der Waals surface area contributed by atoms with Crippen molar-refractivity contribution in [3.05, 3.63) is 33.8 Å². The average Bonchev–Trinajstić information content (AvgIpc) is 2.47. The Hall–Kier alpha value is -1.30. The van der Waals surface area contributed by atoms with Crippen LogP contribution in [0.5, 0.6) is 0 Å². The molecule has 0 atom stereocenters. The predicted octanol–water partition coefficient (Wildman–Crippen LogP) is 1.63. The summed E-state index contributed by atoms with van der Waals surface area (Å²) in [7, 11) is 0. The summed E-state index contributed by atoms with van der Waals surface area (Å²) in [5.41, 5.74) is 5.81. The maximum Gasteiger partial charge on any atom is 0.255 e. The highest BCUT2D eigenvalue weighted by Gasteiger charge is 2.25. The standard InChI is InChI=1S/C14H17Cl2N3O2/c15-10-1-2-11(12(16)9-10)14(21)19-7-5-18(6-8-19)13(20)3-4-17/h1-2,9H,3-8,17H2. The third-order valence-corrected chi connectivity index (χ3v) is 3.99. The van der Waals surface area contributed by atoms with Crippen LogP contribution in [-0.2, 0) is 4.79 Å². The maximum absolute atomic E-state index is 12.4. The second kappa shape index (κ2) is 7.11. The van der Waals surface area contributed by atoms with E-state index in [2.05, 4.69) is 0 Å². The van der Waals surface area contributed by atoms with Crippen LogP contribution in [0.1, 0.15) is 16.8 Å². The molecule has 5 nitrogen and oxygen atoms in total. The maximum atomic E-state index is 12.4. The molecule has 0 aliphatic carbocycles. The van der Waals surface area contributed by atoms with Crippen LogP contribution < -0.4 is 5.73 Å². The van der Waals surface area contributed by atoms with Gasteiger partial charge in [-0.3, -0.25) is 9.59 Å². The van der Waals surface area contributed by atoms with Gasteiger partial charge in [-0.15, -0.1) is 0 Å². The summed E-state index contributed by atoms with van der Waals surface area (Å²) in [5, 5.41) is 0.836. The number of carbonyl (C=O) groups is 2. The van der Waals surface area contributed by atoms with Crippen molar-refractivity contribution in [2.75, 3.05) is 32.7 Å². The van der Waals surface area contributed by atoms with Gasteiger partial charge in [-0.25, -0.2) is 0 Å². The quantitative estimate of drug-likeness (QED) is 0.916. The molecule has 2 N–H and O–H groups in total. The second-order valence-corrected chi connectivity index (χ2v) is 5.68. The molecule has 2 rings (SSSR count). The van der Waals surface area contributed by atoms with E-state index in [1.807, 2.05) is 0 Å². The van der Waals surface area contributed by atoms with Gasteiger partial charge in [0.25, 0.3) is 5.91 Å². The summed E-state index contributed by atoms with van der Waals surface area (Å²) >= 11 is 11.9. The average molecular weight is 330 g/mol. The number of amides is 2. The van der Waals surface area contributed by atoms with Crippen molar-refractivity contribution in [2.45, 2.75) is 6.42 Å². The Labute approximate surface area is 133 Å². The van der Waals surface area contributed by atoms with E-state index in [0.29, 0.717) is 54.8 Å². The first kappa shape index (κ1) is 16.1. The van der Waals surface area contributed by atoms with E-state index in [-0.39, 0.29) is 11.8 Å². The summed E-state index contributed by atoms with van der Waals surface area (Å²) in [5.74, 6) is -0.100. The molecule has 0 spiro atoms. The molecular weight excluding hydrogens is 313 g/mol. The summed E-state index contributed by atoms with van der Waals surface area (Å²) in [6.07, 6.45) is 0.344. The van der Waals surface area contributed by atoms with Crippen molar-refractivity contribution in [3.63, 3.8) is 0 Å². The van der Waals surface area contributed by atoms with Crippen molar-refractivity contribution < 1.29 is 9.59 Å². The van der Waals surface area contributed by atoms with Gasteiger partial charge in [-0.2, -0.15) is 0 Å². The lowest BCUT2D eigenvalue weighted by atomic mass is 10.1. The first-order valence-electron chi connectivity index (χ1n) is 6.75. The summed E-state index contributed by atoms with van der Waals surface area (Å²) in [4.78, 5) is 27.6. The highest BCUT2D eigenvalue weighted by Crippen LogP contribution is 2.22. The van der Waals surface area contributed by atoms with Gasteiger partial charge in [0, 0.05) is 44.2 Å². The zero-order chi connectivity index (χ0) is 15.4. The molecule has 0 radical (unpaired) electrons. The van der Waals surface area contributed by atoms with E-state index in [0.717, 1.165) is 0 Å². The Morgan fingerprint density at radius 3 is 2.29 bits per heavy atom. The third kappa shape index (κ3) is 3.87. The Morgan fingerprint density at radius 2 is 1.71 bits per heavy atom. The summed E-state index contributed by atoms with van der Waals surface area (Å²) in [6.45, 7) is 2.38. The van der Waals surface area contributed by atoms with Crippen molar-refractivity contribution >= 4 is 35.0 Å². The normalized spacial score (nSPS) is 15.2. The number of piperazine rings is 1. The number of hydrogen-bond donors (Lipinski definition) is 1. The van der Waals surface area contributed by atoms with E-state index in [1.165, 1.54) is 0 Å². The Balaban J connectivity index is 1.98. The smallest absolute Gasteiger partial charge is 0.255 e. The molecule has 21 heavy (non-hydrogen) atoms. The van der Waals surface area contributed by atoms with Crippen LogP contribution in [0.2, 0.25) is 10.0 Å². The lowest BCUT2D eigenvalue weighted by Gasteiger charge is -2.35. The van der Waals surface area contributed by atoms with Gasteiger partial charge in [-0.05, 0) is 18.2 Å². The summed E-state index contributed by atoms with van der Waals surface area (Å²) < 4.78 is 0. The Morgan fingerprint density at radius 1 is 1.10 bits per heavy atom. The zero-order valence-corrected chi connectivity index (χ0v) is 13.0. The monoisotopic (exact) mass is 329 g/mol. The molecule has 1 saturated heterocycles. The molecular formula is C14H17Cl2N3O2. The van der Waals surface area contributed by atoms with E-state index < -0.39 is 0 Å². The van der Waals surface area contributed by atoms with Gasteiger partial charge in [0.2, 0.25) is 5.91 Å². The number of nitrogens with two attached hydrogens (primary N) is 1. The Kier molecular flexibility index (Phi) is 5.45. The fourth-order valence-corrected chi connectivity index (χ4v) is 2.76. The van der Waals surface area contributed by atoms with E-state index in [4.69, 9.17) is 28.9 Å². The highest BCUT2D eigenvalue weighted by molar-refractivity contribution is 6.36. The predicted molar refractivity (Wildman–Crippen MR) is 82.6 cm³/mol. The minimum atomic E-state index is -0.136. The molecule has 1 aliphatic rings. The summed E-state index contributed by atoms with van der Waals surface area (Å²) in [6, 6.07) is 4.82. The molecule has 114 valence electrons. The van der Waals surface area contributed by atoms with E-state index in [9.17, 15) is 9.59 Å². The van der Waals surface area contributed by atoms with Gasteiger partial charge in [0.15, 0.2) is 0 Å². The molecule has 1 fully saturated rings. The van der Waals surface area contributed by atoms with Crippen LogP contribution in [0.15, 0.2) is 18.2 Å². The fraction of sp³-hybridized carbons (Fsp3) is 0.429. The van der Waals surface area contributed by atoms with Crippen molar-refractivity contribution in [2.24, 2.45) is 5.73 Å². The fourth-order valence-electron chi connectivity index (χ4n) is 2.27. The van der Waals surface area contributed by atoms with Crippen molar-refractivity contribution in [1.29, 1.82) is 0 Å². The molecule has 1 aromatic carbocycles. The van der Waals surface area contributed by atoms with Gasteiger partial charge < -0.3 is 15.5 Å². The minimum Gasteiger partial charge on any atom is -0.339 e. The molecule has 0 saturated carbocycles. The zero-order valence-electron chi connectivity index (χ0n) is 11.5. The van der Waals surface area contributed by atoms with Crippen LogP contribution in [0.3, 0.4) is 0 Å². The SMILES string of the molecule is NCCC(=O)N1CCN(C(=O)c2ccc(Cl)cc2Cl)CC1. The molecule has 1 aromatic rings. The first-order valence-corrected chi connectivity index (χ1v) is 7.50. The highest BCUT2D eigenvalue weighted by atomic mass is 35.5. The van der Waals surface area contributed by atoms with Gasteiger partial charge >= 0.3 is 0 Å². The molecule has 1 aliphatic heterocycles. The number of hydrogen-bond acceptors (Lipinski definition) is 3. The molecule has 0 bridgehead atoms. The van der Waals surface area contributed by atoms with Crippen molar-refractivity contribution in [3.8, 4) is 0 Å². The number of carbonyl (C=O) groups excluding carboxylic acids is 2. The lowest BCUT2D eigenvalue weighted by molar-refractivity contribution is -0.132. The van der Waals surface area contributed by atoms with E-state index >= 15 is 0 Å². The first-order chi connectivity index (χ1) is 10.0.